The Hall–Kier alpha value is -0.800. The monoisotopic (exact) mass is 323 g/mol. The third kappa shape index (κ3) is 3.40. The van der Waals surface area contributed by atoms with Gasteiger partial charge in [0.2, 0.25) is 0 Å². The average molecular weight is 324 g/mol. The first-order chi connectivity index (χ1) is 9.08. The number of rotatable bonds is 6. The number of hydrogen-bond acceptors (Lipinski definition) is 2. The van der Waals surface area contributed by atoms with Crippen molar-refractivity contribution in [2.45, 2.75) is 26.7 Å². The Labute approximate surface area is 124 Å². The predicted octanol–water partition coefficient (Wildman–Crippen LogP) is 3.73. The summed E-state index contributed by atoms with van der Waals surface area (Å²) in [5.74, 6) is 1.09. The highest BCUT2D eigenvalue weighted by Gasteiger charge is 2.25. The van der Waals surface area contributed by atoms with Crippen LogP contribution in [0.1, 0.15) is 25.0 Å². The lowest BCUT2D eigenvalue weighted by Crippen LogP contribution is -2.32. The van der Waals surface area contributed by atoms with Crippen LogP contribution in [0.4, 0.5) is 0 Å². The molecule has 19 heavy (non-hydrogen) atoms. The van der Waals surface area contributed by atoms with Gasteiger partial charge in [-0.3, -0.25) is 0 Å². The molecule has 0 radical (unpaired) electrons. The molecule has 0 saturated heterocycles. The maximum Gasteiger partial charge on any atom is 0.125 e. The molecule has 1 aliphatic heterocycles. The first-order valence-electron chi connectivity index (χ1n) is 6.86. The summed E-state index contributed by atoms with van der Waals surface area (Å²) in [6.45, 7) is 11.1. The van der Waals surface area contributed by atoms with Gasteiger partial charge in [0.15, 0.2) is 0 Å². The minimum Gasteiger partial charge on any atom is -0.493 e. The fourth-order valence-corrected chi connectivity index (χ4v) is 3.08. The Morgan fingerprint density at radius 2 is 2.32 bits per heavy atom. The van der Waals surface area contributed by atoms with Gasteiger partial charge in [-0.05, 0) is 36.2 Å². The Morgan fingerprint density at radius 1 is 1.53 bits per heavy atom. The van der Waals surface area contributed by atoms with Crippen LogP contribution in [0.3, 0.4) is 0 Å². The Morgan fingerprint density at radius 3 is 3.00 bits per heavy atom. The van der Waals surface area contributed by atoms with E-state index in [2.05, 4.69) is 59.9 Å². The summed E-state index contributed by atoms with van der Waals surface area (Å²) in [7, 11) is 0. The van der Waals surface area contributed by atoms with E-state index in [1.165, 1.54) is 11.1 Å². The van der Waals surface area contributed by atoms with Gasteiger partial charge in [-0.25, -0.2) is 0 Å². The molecule has 1 N–H and O–H groups in total. The van der Waals surface area contributed by atoms with Crippen molar-refractivity contribution in [2.24, 2.45) is 5.41 Å². The van der Waals surface area contributed by atoms with Gasteiger partial charge in [0.05, 0.1) is 6.61 Å². The fraction of sp³-hybridized carbons (Fsp3) is 0.500. The summed E-state index contributed by atoms with van der Waals surface area (Å²) < 4.78 is 6.94. The number of benzene rings is 1. The number of nitrogens with one attached hydrogen (secondary N) is 1. The van der Waals surface area contributed by atoms with Crippen LogP contribution in [0.2, 0.25) is 0 Å². The smallest absolute Gasteiger partial charge is 0.125 e. The third-order valence-corrected chi connectivity index (χ3v) is 4.15. The highest BCUT2D eigenvalue weighted by atomic mass is 79.9. The predicted molar refractivity (Wildman–Crippen MR) is 83.9 cm³/mol. The Balaban J connectivity index is 2.24. The molecule has 3 heteroatoms. The summed E-state index contributed by atoms with van der Waals surface area (Å²) in [4.78, 5) is 0. The van der Waals surface area contributed by atoms with E-state index >= 15 is 0 Å². The summed E-state index contributed by atoms with van der Waals surface area (Å²) in [6, 6.07) is 4.35. The number of fused-ring (bicyclic) bond motifs is 1. The molecule has 0 aliphatic carbocycles. The summed E-state index contributed by atoms with van der Waals surface area (Å²) in [5, 5.41) is 3.42. The van der Waals surface area contributed by atoms with Gasteiger partial charge in [0, 0.05) is 22.9 Å². The van der Waals surface area contributed by atoms with Crippen LogP contribution in [-0.2, 0) is 12.8 Å². The minimum atomic E-state index is 0.0521. The maximum atomic E-state index is 5.80. The van der Waals surface area contributed by atoms with E-state index in [0.717, 1.165) is 42.8 Å². The van der Waals surface area contributed by atoms with Crippen LogP contribution in [0.5, 0.6) is 5.75 Å². The number of halogens is 1. The summed E-state index contributed by atoms with van der Waals surface area (Å²) in [5.41, 5.74) is 2.65. The molecule has 1 aromatic carbocycles. The van der Waals surface area contributed by atoms with E-state index in [1.807, 2.05) is 0 Å². The van der Waals surface area contributed by atoms with Gasteiger partial charge in [-0.1, -0.05) is 35.9 Å². The van der Waals surface area contributed by atoms with Crippen LogP contribution >= 0.6 is 15.9 Å². The molecule has 1 unspecified atom stereocenters. The molecular weight excluding hydrogens is 302 g/mol. The van der Waals surface area contributed by atoms with E-state index in [4.69, 9.17) is 4.74 Å². The average Bonchev–Trinajstić information content (AvgIpc) is 2.84. The second kappa shape index (κ2) is 6.10. The third-order valence-electron chi connectivity index (χ3n) is 3.69. The first kappa shape index (κ1) is 14.6. The maximum absolute atomic E-state index is 5.80. The number of ether oxygens (including phenoxy) is 1. The molecule has 0 fully saturated rings. The number of hydrogen-bond donors (Lipinski definition) is 1. The van der Waals surface area contributed by atoms with Crippen LogP contribution in [0, 0.1) is 5.41 Å². The molecule has 104 valence electrons. The van der Waals surface area contributed by atoms with E-state index in [9.17, 15) is 0 Å². The summed E-state index contributed by atoms with van der Waals surface area (Å²) in [6.07, 6.45) is 4.02. The lowest BCUT2D eigenvalue weighted by molar-refractivity contribution is 0.342. The van der Waals surface area contributed by atoms with Crippen molar-refractivity contribution in [2.75, 3.05) is 19.7 Å². The fourth-order valence-electron chi connectivity index (χ4n) is 2.53. The van der Waals surface area contributed by atoms with Gasteiger partial charge < -0.3 is 10.1 Å². The van der Waals surface area contributed by atoms with Crippen molar-refractivity contribution in [3.63, 3.8) is 0 Å². The molecule has 0 saturated carbocycles. The van der Waals surface area contributed by atoms with Crippen molar-refractivity contribution >= 4 is 15.9 Å². The summed E-state index contributed by atoms with van der Waals surface area (Å²) >= 11 is 3.60. The Kier molecular flexibility index (Phi) is 4.69. The second-order valence-electron chi connectivity index (χ2n) is 5.47. The van der Waals surface area contributed by atoms with Crippen molar-refractivity contribution in [3.05, 3.63) is 40.4 Å². The highest BCUT2D eigenvalue weighted by Crippen LogP contribution is 2.36. The van der Waals surface area contributed by atoms with E-state index in [0.29, 0.717) is 0 Å². The molecule has 0 aromatic heterocycles. The van der Waals surface area contributed by atoms with E-state index in [1.54, 1.807) is 0 Å². The van der Waals surface area contributed by atoms with Gasteiger partial charge in [0.1, 0.15) is 5.75 Å². The molecule has 2 nitrogen and oxygen atoms in total. The van der Waals surface area contributed by atoms with Crippen molar-refractivity contribution in [3.8, 4) is 5.75 Å². The molecule has 1 heterocycles. The Bertz CT molecular complexity index is 472. The second-order valence-corrected chi connectivity index (χ2v) is 6.38. The zero-order chi connectivity index (χ0) is 13.9. The normalized spacial score (nSPS) is 16.6. The molecule has 2 rings (SSSR count). The SMILES string of the molecule is C=CC(C)(CNCC)Cc1cc(Br)cc2c1OCC2. The van der Waals surface area contributed by atoms with E-state index in [-0.39, 0.29) is 5.41 Å². The molecule has 1 aromatic rings. The van der Waals surface area contributed by atoms with Gasteiger partial charge >= 0.3 is 0 Å². The largest absolute Gasteiger partial charge is 0.493 e. The van der Waals surface area contributed by atoms with Gasteiger partial charge in [0.25, 0.3) is 0 Å². The molecule has 1 aliphatic rings. The van der Waals surface area contributed by atoms with Crippen molar-refractivity contribution in [1.29, 1.82) is 0 Å². The molecule has 0 spiro atoms. The molecule has 0 bridgehead atoms. The minimum absolute atomic E-state index is 0.0521. The lowest BCUT2D eigenvalue weighted by atomic mass is 9.83. The van der Waals surface area contributed by atoms with Crippen LogP contribution in [-0.4, -0.2) is 19.7 Å². The van der Waals surface area contributed by atoms with Crippen molar-refractivity contribution < 1.29 is 4.74 Å². The lowest BCUT2D eigenvalue weighted by Gasteiger charge is -2.27. The highest BCUT2D eigenvalue weighted by molar-refractivity contribution is 9.10. The topological polar surface area (TPSA) is 21.3 Å². The first-order valence-corrected chi connectivity index (χ1v) is 7.65. The quantitative estimate of drug-likeness (QED) is 0.805. The molecule has 0 amide bonds. The van der Waals surface area contributed by atoms with Crippen LogP contribution in [0.15, 0.2) is 29.3 Å². The van der Waals surface area contributed by atoms with Gasteiger partial charge in [-0.15, -0.1) is 6.58 Å². The zero-order valence-corrected chi connectivity index (χ0v) is 13.3. The van der Waals surface area contributed by atoms with Crippen molar-refractivity contribution in [1.82, 2.24) is 5.32 Å². The standard InChI is InChI=1S/C16H22BrNO/c1-4-16(3,11-18-5-2)10-13-9-14(17)8-12-6-7-19-15(12)13/h4,8-9,18H,1,5-7,10-11H2,2-3H3. The van der Waals surface area contributed by atoms with Gasteiger partial charge in [-0.2, -0.15) is 0 Å². The molecule has 1 atom stereocenters. The van der Waals surface area contributed by atoms with Crippen LogP contribution in [0.25, 0.3) is 0 Å². The zero-order valence-electron chi connectivity index (χ0n) is 11.8. The van der Waals surface area contributed by atoms with Crippen LogP contribution < -0.4 is 10.1 Å². The van der Waals surface area contributed by atoms with E-state index < -0.39 is 0 Å². The molecular formula is C16H22BrNO.